The summed E-state index contributed by atoms with van der Waals surface area (Å²) in [6, 6.07) is 8.90. The van der Waals surface area contributed by atoms with Gasteiger partial charge in [-0.1, -0.05) is 26.0 Å². The van der Waals surface area contributed by atoms with E-state index in [2.05, 4.69) is 43.2 Å². The van der Waals surface area contributed by atoms with E-state index in [-0.39, 0.29) is 0 Å². The maximum Gasteiger partial charge on any atom is 0.118 e. The van der Waals surface area contributed by atoms with Crippen LogP contribution in [0.2, 0.25) is 0 Å². The smallest absolute Gasteiger partial charge is 0.118 e. The monoisotopic (exact) mass is 250 g/mol. The fourth-order valence-corrected chi connectivity index (χ4v) is 2.07. The Morgan fingerprint density at radius 3 is 2.39 bits per heavy atom. The normalized spacial score (nSPS) is 12.7. The quantitative estimate of drug-likeness (QED) is 0.767. The van der Waals surface area contributed by atoms with Crippen molar-refractivity contribution in [2.45, 2.75) is 32.9 Å². The van der Waals surface area contributed by atoms with E-state index < -0.39 is 0 Å². The first kappa shape index (κ1) is 15.0. The van der Waals surface area contributed by atoms with Crippen molar-refractivity contribution in [1.29, 1.82) is 0 Å². The number of likely N-dealkylation sites (N-methyl/N-ethyl adjacent to an activating group) is 2. The van der Waals surface area contributed by atoms with E-state index in [9.17, 15) is 0 Å². The van der Waals surface area contributed by atoms with E-state index in [1.165, 1.54) is 12.0 Å². The first-order valence-electron chi connectivity index (χ1n) is 6.75. The first-order valence-corrected chi connectivity index (χ1v) is 6.75. The number of hydrogen-bond donors (Lipinski definition) is 1. The van der Waals surface area contributed by atoms with E-state index in [0.29, 0.717) is 6.04 Å². The summed E-state index contributed by atoms with van der Waals surface area (Å²) in [6.45, 7) is 7.46. The molecule has 0 aromatic heterocycles. The molecular formula is C15H26N2O. The highest BCUT2D eigenvalue weighted by Gasteiger charge is 2.12. The average molecular weight is 250 g/mol. The Labute approximate surface area is 111 Å². The average Bonchev–Trinajstić information content (AvgIpc) is 2.40. The van der Waals surface area contributed by atoms with Crippen LogP contribution < -0.4 is 10.1 Å². The molecule has 0 aliphatic rings. The van der Waals surface area contributed by atoms with Gasteiger partial charge in [-0.3, -0.25) is 4.90 Å². The van der Waals surface area contributed by atoms with Crippen LogP contribution in [0.3, 0.4) is 0 Å². The predicted molar refractivity (Wildman–Crippen MR) is 77.1 cm³/mol. The number of nitrogens with one attached hydrogen (secondary N) is 1. The third-order valence-corrected chi connectivity index (χ3v) is 3.32. The molecule has 1 aromatic carbocycles. The second-order valence-corrected chi connectivity index (χ2v) is 4.63. The van der Waals surface area contributed by atoms with Gasteiger partial charge in [-0.25, -0.2) is 0 Å². The van der Waals surface area contributed by atoms with Crippen LogP contribution in [0.4, 0.5) is 0 Å². The molecule has 1 aromatic rings. The van der Waals surface area contributed by atoms with Crippen molar-refractivity contribution in [1.82, 2.24) is 10.2 Å². The molecule has 0 spiro atoms. The molecule has 1 N–H and O–H groups in total. The third-order valence-electron chi connectivity index (χ3n) is 3.32. The largest absolute Gasteiger partial charge is 0.497 e. The number of rotatable bonds is 8. The number of methoxy groups -OCH3 is 1. The molecule has 0 bridgehead atoms. The molecule has 0 saturated heterocycles. The van der Waals surface area contributed by atoms with Crippen molar-refractivity contribution in [3.8, 4) is 5.75 Å². The second-order valence-electron chi connectivity index (χ2n) is 4.63. The Bertz CT molecular complexity index is 324. The summed E-state index contributed by atoms with van der Waals surface area (Å²) < 4.78 is 5.17. The Morgan fingerprint density at radius 2 is 1.89 bits per heavy atom. The van der Waals surface area contributed by atoms with Crippen LogP contribution in [0.5, 0.6) is 5.75 Å². The van der Waals surface area contributed by atoms with Crippen LogP contribution >= 0.6 is 0 Å². The van der Waals surface area contributed by atoms with Crippen LogP contribution in [0.25, 0.3) is 0 Å². The molecule has 1 atom stereocenters. The van der Waals surface area contributed by atoms with Crippen LogP contribution in [0.1, 0.15) is 25.8 Å². The van der Waals surface area contributed by atoms with Gasteiger partial charge in [-0.2, -0.15) is 0 Å². The van der Waals surface area contributed by atoms with Gasteiger partial charge in [0.05, 0.1) is 7.11 Å². The van der Waals surface area contributed by atoms with Gasteiger partial charge < -0.3 is 10.1 Å². The van der Waals surface area contributed by atoms with Gasteiger partial charge >= 0.3 is 0 Å². The Kier molecular flexibility index (Phi) is 6.76. The summed E-state index contributed by atoms with van der Waals surface area (Å²) in [6.07, 6.45) is 1.17. The molecule has 18 heavy (non-hydrogen) atoms. The Balaban J connectivity index is 2.52. The molecule has 3 nitrogen and oxygen atoms in total. The molecule has 0 amide bonds. The van der Waals surface area contributed by atoms with Crippen molar-refractivity contribution in [2.24, 2.45) is 0 Å². The lowest BCUT2D eigenvalue weighted by atomic mass is 10.1. The van der Waals surface area contributed by atoms with Crippen molar-refractivity contribution < 1.29 is 4.74 Å². The van der Waals surface area contributed by atoms with Gasteiger partial charge in [0.2, 0.25) is 0 Å². The van der Waals surface area contributed by atoms with E-state index in [1.807, 2.05) is 12.1 Å². The van der Waals surface area contributed by atoms with Gasteiger partial charge in [0.15, 0.2) is 0 Å². The molecule has 1 unspecified atom stereocenters. The first-order chi connectivity index (χ1) is 8.71. The Hall–Kier alpha value is -1.06. The second kappa shape index (κ2) is 8.11. The highest BCUT2D eigenvalue weighted by molar-refractivity contribution is 5.27. The summed E-state index contributed by atoms with van der Waals surface area (Å²) >= 11 is 0. The summed E-state index contributed by atoms with van der Waals surface area (Å²) in [5, 5.41) is 3.42. The lowest BCUT2D eigenvalue weighted by Crippen LogP contribution is -2.39. The van der Waals surface area contributed by atoms with Gasteiger partial charge in [-0.05, 0) is 37.7 Å². The van der Waals surface area contributed by atoms with Crippen molar-refractivity contribution in [2.75, 3.05) is 27.2 Å². The molecule has 3 heteroatoms. The number of ether oxygens (including phenoxy) is 1. The minimum atomic E-state index is 0.590. The van der Waals surface area contributed by atoms with Crippen LogP contribution in [-0.4, -0.2) is 38.2 Å². The molecule has 0 heterocycles. The summed E-state index contributed by atoms with van der Waals surface area (Å²) in [5.74, 6) is 0.918. The minimum absolute atomic E-state index is 0.590. The predicted octanol–water partition coefficient (Wildman–Crippen LogP) is 2.52. The summed E-state index contributed by atoms with van der Waals surface area (Å²) in [7, 11) is 3.89. The highest BCUT2D eigenvalue weighted by Crippen LogP contribution is 2.14. The van der Waals surface area contributed by atoms with Gasteiger partial charge in [0, 0.05) is 19.1 Å². The Morgan fingerprint density at radius 1 is 1.22 bits per heavy atom. The standard InChI is InChI=1S/C15H26N2O/c1-5-14(11-16-6-2)17(3)12-13-7-9-15(18-4)10-8-13/h7-10,14,16H,5-6,11-12H2,1-4H3. The molecule has 0 aliphatic carbocycles. The lowest BCUT2D eigenvalue weighted by molar-refractivity contribution is 0.222. The molecule has 0 saturated carbocycles. The molecule has 0 fully saturated rings. The van der Waals surface area contributed by atoms with Crippen LogP contribution in [-0.2, 0) is 6.54 Å². The van der Waals surface area contributed by atoms with Crippen molar-refractivity contribution >= 4 is 0 Å². The SMILES string of the molecule is CCNCC(CC)N(C)Cc1ccc(OC)cc1. The van der Waals surface area contributed by atoms with Crippen molar-refractivity contribution in [3.05, 3.63) is 29.8 Å². The van der Waals surface area contributed by atoms with E-state index in [0.717, 1.165) is 25.4 Å². The zero-order valence-corrected chi connectivity index (χ0v) is 12.1. The van der Waals surface area contributed by atoms with Crippen molar-refractivity contribution in [3.63, 3.8) is 0 Å². The molecule has 1 rings (SSSR count). The highest BCUT2D eigenvalue weighted by atomic mass is 16.5. The van der Waals surface area contributed by atoms with Gasteiger partial charge in [0.1, 0.15) is 5.75 Å². The van der Waals surface area contributed by atoms with E-state index >= 15 is 0 Å². The third kappa shape index (κ3) is 4.67. The number of hydrogen-bond acceptors (Lipinski definition) is 3. The summed E-state index contributed by atoms with van der Waals surface area (Å²) in [5.41, 5.74) is 1.33. The zero-order valence-electron chi connectivity index (χ0n) is 12.1. The number of benzene rings is 1. The van der Waals surface area contributed by atoms with Crippen LogP contribution in [0, 0.1) is 0 Å². The lowest BCUT2D eigenvalue weighted by Gasteiger charge is -2.27. The van der Waals surface area contributed by atoms with E-state index in [4.69, 9.17) is 4.74 Å². The van der Waals surface area contributed by atoms with E-state index in [1.54, 1.807) is 7.11 Å². The molecule has 0 radical (unpaired) electrons. The molecule has 0 aliphatic heterocycles. The van der Waals surface area contributed by atoms with Crippen LogP contribution in [0.15, 0.2) is 24.3 Å². The maximum absolute atomic E-state index is 5.17. The maximum atomic E-state index is 5.17. The van der Waals surface area contributed by atoms with Gasteiger partial charge in [-0.15, -0.1) is 0 Å². The van der Waals surface area contributed by atoms with Gasteiger partial charge in [0.25, 0.3) is 0 Å². The number of nitrogens with zero attached hydrogens (tertiary/aromatic N) is 1. The fourth-order valence-electron chi connectivity index (χ4n) is 2.07. The zero-order chi connectivity index (χ0) is 13.4. The minimum Gasteiger partial charge on any atom is -0.497 e. The molecular weight excluding hydrogens is 224 g/mol. The summed E-state index contributed by atoms with van der Waals surface area (Å²) in [4.78, 5) is 2.41. The fraction of sp³-hybridized carbons (Fsp3) is 0.600. The molecule has 102 valence electrons. The topological polar surface area (TPSA) is 24.5 Å².